The maximum absolute atomic E-state index is 12.4. The van der Waals surface area contributed by atoms with Crippen LogP contribution in [0.4, 0.5) is 0 Å². The molecule has 2 aromatic carbocycles. The fraction of sp³-hybridized carbons (Fsp3) is 0.294. The zero-order valence-electron chi connectivity index (χ0n) is 11.3. The quantitative estimate of drug-likeness (QED) is 0.843. The molecule has 0 spiro atoms. The summed E-state index contributed by atoms with van der Waals surface area (Å²) in [6.45, 7) is 0. The first-order chi connectivity index (χ1) is 9.68. The van der Waals surface area contributed by atoms with Crippen LogP contribution in [0.5, 0.6) is 0 Å². The molecule has 0 N–H and O–H groups in total. The molecule has 0 radical (unpaired) electrons. The van der Waals surface area contributed by atoms with E-state index in [2.05, 4.69) is 12.1 Å². The molecule has 0 saturated heterocycles. The Morgan fingerprint density at radius 3 is 2.15 bits per heavy atom. The van der Waals surface area contributed by atoms with Crippen LogP contribution in [0.25, 0.3) is 0 Å². The van der Waals surface area contributed by atoms with Gasteiger partial charge in [-0.3, -0.25) is 0 Å². The van der Waals surface area contributed by atoms with Crippen molar-refractivity contribution in [3.05, 3.63) is 66.2 Å². The van der Waals surface area contributed by atoms with E-state index in [4.69, 9.17) is 0 Å². The third-order valence-corrected chi connectivity index (χ3v) is 6.28. The Kier molecular flexibility index (Phi) is 3.62. The Bertz CT molecular complexity index is 663. The first-order valence-corrected chi connectivity index (χ1v) is 8.55. The van der Waals surface area contributed by atoms with Gasteiger partial charge in [0.1, 0.15) is 0 Å². The van der Waals surface area contributed by atoms with Crippen LogP contribution in [-0.2, 0) is 16.3 Å². The molecule has 0 aliphatic heterocycles. The van der Waals surface area contributed by atoms with E-state index >= 15 is 0 Å². The maximum atomic E-state index is 12.4. The van der Waals surface area contributed by atoms with E-state index in [9.17, 15) is 8.42 Å². The van der Waals surface area contributed by atoms with E-state index in [1.165, 1.54) is 5.56 Å². The second-order valence-electron chi connectivity index (χ2n) is 5.42. The maximum Gasteiger partial charge on any atom is 0.181 e. The molecule has 3 heteroatoms. The summed E-state index contributed by atoms with van der Waals surface area (Å²) in [6, 6.07) is 19.1. The second-order valence-corrected chi connectivity index (χ2v) is 7.58. The molecule has 1 aliphatic carbocycles. The summed E-state index contributed by atoms with van der Waals surface area (Å²) in [6.07, 6.45) is 2.73. The van der Waals surface area contributed by atoms with Crippen LogP contribution in [0, 0.1) is 5.92 Å². The predicted molar refractivity (Wildman–Crippen MR) is 80.3 cm³/mol. The normalized spacial score (nSPS) is 21.6. The highest BCUT2D eigenvalue weighted by Crippen LogP contribution is 2.43. The SMILES string of the molecule is O=S(=O)(c1ccccc1)[C@@H]1C[C@H]1CCc1ccccc1. The van der Waals surface area contributed by atoms with Crippen molar-refractivity contribution >= 4 is 9.84 Å². The lowest BCUT2D eigenvalue weighted by atomic mass is 10.1. The van der Waals surface area contributed by atoms with Crippen LogP contribution >= 0.6 is 0 Å². The summed E-state index contributed by atoms with van der Waals surface area (Å²) in [5.74, 6) is 0.320. The lowest BCUT2D eigenvalue weighted by molar-refractivity contribution is 0.589. The first kappa shape index (κ1) is 13.4. The summed E-state index contributed by atoms with van der Waals surface area (Å²) in [4.78, 5) is 0.465. The molecule has 20 heavy (non-hydrogen) atoms. The van der Waals surface area contributed by atoms with Crippen LogP contribution in [-0.4, -0.2) is 13.7 Å². The monoisotopic (exact) mass is 286 g/mol. The molecular weight excluding hydrogens is 268 g/mol. The fourth-order valence-electron chi connectivity index (χ4n) is 2.69. The molecule has 1 aliphatic rings. The van der Waals surface area contributed by atoms with Crippen LogP contribution in [0.3, 0.4) is 0 Å². The molecule has 1 fully saturated rings. The molecule has 0 unspecified atom stereocenters. The minimum absolute atomic E-state index is 0.173. The Labute approximate surface area is 120 Å². The van der Waals surface area contributed by atoms with Crippen molar-refractivity contribution in [2.45, 2.75) is 29.4 Å². The van der Waals surface area contributed by atoms with Gasteiger partial charge in [0.05, 0.1) is 10.1 Å². The summed E-state index contributed by atoms with van der Waals surface area (Å²) in [5, 5.41) is -0.173. The van der Waals surface area contributed by atoms with E-state index in [1.807, 2.05) is 24.3 Å². The summed E-state index contributed by atoms with van der Waals surface area (Å²) in [5.41, 5.74) is 1.29. The van der Waals surface area contributed by atoms with Crippen molar-refractivity contribution in [2.75, 3.05) is 0 Å². The van der Waals surface area contributed by atoms with Gasteiger partial charge >= 0.3 is 0 Å². The van der Waals surface area contributed by atoms with Gasteiger partial charge < -0.3 is 0 Å². The van der Waals surface area contributed by atoms with Gasteiger partial charge in [-0.25, -0.2) is 8.42 Å². The Morgan fingerprint density at radius 2 is 1.50 bits per heavy atom. The summed E-state index contributed by atoms with van der Waals surface area (Å²) < 4.78 is 24.8. The van der Waals surface area contributed by atoms with Crippen molar-refractivity contribution in [3.63, 3.8) is 0 Å². The number of hydrogen-bond donors (Lipinski definition) is 0. The fourth-order valence-corrected chi connectivity index (χ4v) is 4.71. The van der Waals surface area contributed by atoms with Crippen LogP contribution in [0.1, 0.15) is 18.4 Å². The third kappa shape index (κ3) is 2.78. The van der Waals surface area contributed by atoms with Gasteiger partial charge in [0.15, 0.2) is 9.84 Å². The standard InChI is InChI=1S/C17H18O2S/c18-20(19,16-9-5-2-6-10-16)17-13-15(17)12-11-14-7-3-1-4-8-14/h1-10,15,17H,11-13H2/t15-,17-/m1/s1. The Balaban J connectivity index is 1.62. The Morgan fingerprint density at radius 1 is 0.900 bits per heavy atom. The van der Waals surface area contributed by atoms with Crippen molar-refractivity contribution in [1.29, 1.82) is 0 Å². The molecule has 2 aromatic rings. The molecule has 3 rings (SSSR count). The van der Waals surface area contributed by atoms with Crippen LogP contribution < -0.4 is 0 Å². The van der Waals surface area contributed by atoms with Gasteiger partial charge in [-0.2, -0.15) is 0 Å². The zero-order valence-corrected chi connectivity index (χ0v) is 12.1. The highest BCUT2D eigenvalue weighted by atomic mass is 32.2. The lowest BCUT2D eigenvalue weighted by Crippen LogP contribution is -2.09. The van der Waals surface area contributed by atoms with Crippen molar-refractivity contribution in [2.24, 2.45) is 5.92 Å². The van der Waals surface area contributed by atoms with E-state index < -0.39 is 9.84 Å². The smallest absolute Gasteiger partial charge is 0.181 e. The van der Waals surface area contributed by atoms with E-state index in [-0.39, 0.29) is 5.25 Å². The zero-order chi connectivity index (χ0) is 14.0. The molecule has 2 atom stereocenters. The number of hydrogen-bond acceptors (Lipinski definition) is 2. The third-order valence-electron chi connectivity index (χ3n) is 3.97. The predicted octanol–water partition coefficient (Wildman–Crippen LogP) is 3.48. The topological polar surface area (TPSA) is 34.1 Å². The number of benzene rings is 2. The Hall–Kier alpha value is -1.61. The number of sulfone groups is 1. The lowest BCUT2D eigenvalue weighted by Gasteiger charge is -2.04. The van der Waals surface area contributed by atoms with Gasteiger partial charge in [0, 0.05) is 0 Å². The van der Waals surface area contributed by atoms with Crippen LogP contribution in [0.15, 0.2) is 65.6 Å². The largest absolute Gasteiger partial charge is 0.223 e. The highest BCUT2D eigenvalue weighted by Gasteiger charge is 2.46. The highest BCUT2D eigenvalue weighted by molar-refractivity contribution is 7.92. The minimum atomic E-state index is -3.12. The molecule has 2 nitrogen and oxygen atoms in total. The van der Waals surface area contributed by atoms with E-state index in [1.54, 1.807) is 24.3 Å². The molecule has 0 bridgehead atoms. The molecule has 0 amide bonds. The summed E-state index contributed by atoms with van der Waals surface area (Å²) >= 11 is 0. The minimum Gasteiger partial charge on any atom is -0.223 e. The molecule has 0 aromatic heterocycles. The van der Waals surface area contributed by atoms with Gasteiger partial charge in [-0.15, -0.1) is 0 Å². The average Bonchev–Trinajstić information content (AvgIpc) is 3.28. The number of rotatable bonds is 5. The van der Waals surface area contributed by atoms with Crippen molar-refractivity contribution in [1.82, 2.24) is 0 Å². The number of aryl methyl sites for hydroxylation is 1. The van der Waals surface area contributed by atoms with Gasteiger partial charge in [-0.1, -0.05) is 48.5 Å². The molecule has 104 valence electrons. The van der Waals surface area contributed by atoms with E-state index in [0.29, 0.717) is 10.8 Å². The van der Waals surface area contributed by atoms with Gasteiger partial charge in [0.2, 0.25) is 0 Å². The average molecular weight is 286 g/mol. The van der Waals surface area contributed by atoms with Crippen LogP contribution in [0.2, 0.25) is 0 Å². The molecule has 0 heterocycles. The van der Waals surface area contributed by atoms with Crippen molar-refractivity contribution in [3.8, 4) is 0 Å². The molecular formula is C17H18O2S. The van der Waals surface area contributed by atoms with Gasteiger partial charge in [0.25, 0.3) is 0 Å². The van der Waals surface area contributed by atoms with E-state index in [0.717, 1.165) is 19.3 Å². The summed E-state index contributed by atoms with van der Waals surface area (Å²) in [7, 11) is -3.12. The van der Waals surface area contributed by atoms with Crippen molar-refractivity contribution < 1.29 is 8.42 Å². The first-order valence-electron chi connectivity index (χ1n) is 7.01. The van der Waals surface area contributed by atoms with Gasteiger partial charge in [-0.05, 0) is 42.9 Å². The second kappa shape index (κ2) is 5.41. The molecule has 1 saturated carbocycles.